The number of hydrogen-bond acceptors (Lipinski definition) is 4. The molecule has 2 N–H and O–H groups in total. The summed E-state index contributed by atoms with van der Waals surface area (Å²) in [4.78, 5) is 8.80. The topological polar surface area (TPSA) is 49.8 Å². The highest BCUT2D eigenvalue weighted by Crippen LogP contribution is 2.24. The van der Waals surface area contributed by atoms with Crippen molar-refractivity contribution in [3.8, 4) is 0 Å². The first-order chi connectivity index (χ1) is 10.7. The van der Waals surface area contributed by atoms with E-state index in [0.29, 0.717) is 0 Å². The SMILES string of the molecule is Cc1ccc(NCCNc2c(C)cnc3ccccc23)nc1. The zero-order valence-electron chi connectivity index (χ0n) is 12.9. The number of rotatable bonds is 5. The molecule has 0 atom stereocenters. The number of benzene rings is 1. The maximum absolute atomic E-state index is 4.46. The van der Waals surface area contributed by atoms with Crippen LogP contribution in [0.2, 0.25) is 0 Å². The summed E-state index contributed by atoms with van der Waals surface area (Å²) in [6.45, 7) is 5.75. The minimum absolute atomic E-state index is 0.812. The van der Waals surface area contributed by atoms with E-state index in [0.717, 1.165) is 41.1 Å². The van der Waals surface area contributed by atoms with E-state index in [-0.39, 0.29) is 0 Å². The van der Waals surface area contributed by atoms with Crippen molar-refractivity contribution in [2.24, 2.45) is 0 Å². The van der Waals surface area contributed by atoms with E-state index in [2.05, 4.69) is 39.7 Å². The molecular weight excluding hydrogens is 272 g/mol. The Kier molecular flexibility index (Phi) is 4.19. The fraction of sp³-hybridized carbons (Fsp3) is 0.222. The molecule has 22 heavy (non-hydrogen) atoms. The Hall–Kier alpha value is -2.62. The molecule has 0 amide bonds. The molecule has 0 aliphatic heterocycles. The van der Waals surface area contributed by atoms with Crippen molar-refractivity contribution in [2.45, 2.75) is 13.8 Å². The molecular formula is C18H20N4. The number of pyridine rings is 2. The van der Waals surface area contributed by atoms with Crippen LogP contribution in [0, 0.1) is 13.8 Å². The van der Waals surface area contributed by atoms with Crippen LogP contribution in [0.5, 0.6) is 0 Å². The maximum atomic E-state index is 4.46. The Morgan fingerprint density at radius 2 is 1.68 bits per heavy atom. The molecule has 0 aliphatic carbocycles. The summed E-state index contributed by atoms with van der Waals surface area (Å²) in [6, 6.07) is 12.3. The fourth-order valence-corrected chi connectivity index (χ4v) is 2.43. The number of nitrogens with zero attached hydrogens (tertiary/aromatic N) is 2. The van der Waals surface area contributed by atoms with Gasteiger partial charge in [0.25, 0.3) is 0 Å². The van der Waals surface area contributed by atoms with Gasteiger partial charge in [0.15, 0.2) is 0 Å². The van der Waals surface area contributed by atoms with E-state index in [1.54, 1.807) is 0 Å². The Bertz CT molecular complexity index is 766. The smallest absolute Gasteiger partial charge is 0.125 e. The molecule has 3 aromatic rings. The van der Waals surface area contributed by atoms with Crippen molar-refractivity contribution < 1.29 is 0 Å². The van der Waals surface area contributed by atoms with Gasteiger partial charge in [-0.2, -0.15) is 0 Å². The minimum Gasteiger partial charge on any atom is -0.382 e. The predicted octanol–water partition coefficient (Wildman–Crippen LogP) is 3.77. The molecule has 3 rings (SSSR count). The first-order valence-corrected chi connectivity index (χ1v) is 7.49. The van der Waals surface area contributed by atoms with Gasteiger partial charge in [-0.05, 0) is 37.1 Å². The molecule has 2 heterocycles. The average Bonchev–Trinajstić information content (AvgIpc) is 2.55. The molecule has 0 aliphatic rings. The second-order valence-corrected chi connectivity index (χ2v) is 5.41. The van der Waals surface area contributed by atoms with Crippen molar-refractivity contribution in [3.05, 3.63) is 59.9 Å². The summed E-state index contributed by atoms with van der Waals surface area (Å²) >= 11 is 0. The van der Waals surface area contributed by atoms with Crippen LogP contribution in [0.25, 0.3) is 10.9 Å². The molecule has 1 aromatic carbocycles. The van der Waals surface area contributed by atoms with Gasteiger partial charge < -0.3 is 10.6 Å². The van der Waals surface area contributed by atoms with E-state index in [4.69, 9.17) is 0 Å². The van der Waals surface area contributed by atoms with Crippen molar-refractivity contribution in [2.75, 3.05) is 23.7 Å². The van der Waals surface area contributed by atoms with Crippen LogP contribution in [-0.4, -0.2) is 23.1 Å². The number of nitrogens with one attached hydrogen (secondary N) is 2. The first kappa shape index (κ1) is 14.3. The highest BCUT2D eigenvalue weighted by Gasteiger charge is 2.04. The Balaban J connectivity index is 1.64. The van der Waals surface area contributed by atoms with Crippen molar-refractivity contribution in [3.63, 3.8) is 0 Å². The maximum Gasteiger partial charge on any atom is 0.125 e. The number of hydrogen-bond donors (Lipinski definition) is 2. The highest BCUT2D eigenvalue weighted by molar-refractivity contribution is 5.92. The molecule has 0 unspecified atom stereocenters. The minimum atomic E-state index is 0.812. The summed E-state index contributed by atoms with van der Waals surface area (Å²) in [5, 5.41) is 7.99. The number of fused-ring (bicyclic) bond motifs is 1. The zero-order chi connectivity index (χ0) is 15.4. The van der Waals surface area contributed by atoms with Crippen LogP contribution in [0.15, 0.2) is 48.8 Å². The molecule has 0 spiro atoms. The van der Waals surface area contributed by atoms with Gasteiger partial charge in [-0.3, -0.25) is 4.98 Å². The summed E-state index contributed by atoms with van der Waals surface area (Å²) in [7, 11) is 0. The van der Waals surface area contributed by atoms with Crippen LogP contribution in [0.1, 0.15) is 11.1 Å². The number of aryl methyl sites for hydroxylation is 2. The molecule has 4 nitrogen and oxygen atoms in total. The van der Waals surface area contributed by atoms with Crippen LogP contribution >= 0.6 is 0 Å². The van der Waals surface area contributed by atoms with Crippen molar-refractivity contribution >= 4 is 22.4 Å². The first-order valence-electron chi connectivity index (χ1n) is 7.49. The van der Waals surface area contributed by atoms with Crippen LogP contribution in [0.4, 0.5) is 11.5 Å². The van der Waals surface area contributed by atoms with Crippen LogP contribution in [0.3, 0.4) is 0 Å². The third kappa shape index (κ3) is 3.17. The van der Waals surface area contributed by atoms with Crippen LogP contribution < -0.4 is 10.6 Å². The Morgan fingerprint density at radius 3 is 2.50 bits per heavy atom. The van der Waals surface area contributed by atoms with Gasteiger partial charge in [-0.1, -0.05) is 24.3 Å². The summed E-state index contributed by atoms with van der Waals surface area (Å²) < 4.78 is 0. The van der Waals surface area contributed by atoms with E-state index >= 15 is 0 Å². The second-order valence-electron chi connectivity index (χ2n) is 5.41. The van der Waals surface area contributed by atoms with Gasteiger partial charge >= 0.3 is 0 Å². The molecule has 0 fully saturated rings. The van der Waals surface area contributed by atoms with Gasteiger partial charge in [-0.25, -0.2) is 4.98 Å². The fourth-order valence-electron chi connectivity index (χ4n) is 2.43. The lowest BCUT2D eigenvalue weighted by Crippen LogP contribution is -2.15. The largest absolute Gasteiger partial charge is 0.382 e. The quantitative estimate of drug-likeness (QED) is 0.703. The van der Waals surface area contributed by atoms with Gasteiger partial charge in [0.05, 0.1) is 5.52 Å². The molecule has 2 aromatic heterocycles. The van der Waals surface area contributed by atoms with E-state index < -0.39 is 0 Å². The van der Waals surface area contributed by atoms with E-state index in [1.807, 2.05) is 43.6 Å². The van der Waals surface area contributed by atoms with Crippen molar-refractivity contribution in [1.82, 2.24) is 9.97 Å². The highest BCUT2D eigenvalue weighted by atomic mass is 15.0. The number of aromatic nitrogens is 2. The number of anilines is 2. The third-order valence-electron chi connectivity index (χ3n) is 3.61. The molecule has 0 saturated carbocycles. The molecule has 0 radical (unpaired) electrons. The zero-order valence-corrected chi connectivity index (χ0v) is 12.9. The summed E-state index contributed by atoms with van der Waals surface area (Å²) in [5.41, 5.74) is 4.50. The Labute approximate surface area is 130 Å². The normalized spacial score (nSPS) is 10.6. The van der Waals surface area contributed by atoms with E-state index in [9.17, 15) is 0 Å². The third-order valence-corrected chi connectivity index (χ3v) is 3.61. The monoisotopic (exact) mass is 292 g/mol. The van der Waals surface area contributed by atoms with Crippen molar-refractivity contribution in [1.29, 1.82) is 0 Å². The molecule has 4 heteroatoms. The number of para-hydroxylation sites is 1. The van der Waals surface area contributed by atoms with Gasteiger partial charge in [0.2, 0.25) is 0 Å². The van der Waals surface area contributed by atoms with Crippen LogP contribution in [-0.2, 0) is 0 Å². The molecule has 0 saturated heterocycles. The molecule has 0 bridgehead atoms. The lowest BCUT2D eigenvalue weighted by Gasteiger charge is -2.13. The van der Waals surface area contributed by atoms with Gasteiger partial charge in [0.1, 0.15) is 5.82 Å². The average molecular weight is 292 g/mol. The lowest BCUT2D eigenvalue weighted by atomic mass is 10.1. The lowest BCUT2D eigenvalue weighted by molar-refractivity contribution is 1.06. The summed E-state index contributed by atoms with van der Waals surface area (Å²) in [6.07, 6.45) is 3.79. The molecule has 112 valence electrons. The van der Waals surface area contributed by atoms with E-state index in [1.165, 1.54) is 5.56 Å². The summed E-state index contributed by atoms with van der Waals surface area (Å²) in [5.74, 6) is 0.906. The van der Waals surface area contributed by atoms with Gasteiger partial charge in [-0.15, -0.1) is 0 Å². The standard InChI is InChI=1S/C18H20N4/c1-13-7-8-17(22-11-13)19-9-10-20-18-14(2)12-21-16-6-4-3-5-15(16)18/h3-8,11-12H,9-10H2,1-2H3,(H,19,22)(H,20,21). The second kappa shape index (κ2) is 6.43. The Morgan fingerprint density at radius 1 is 0.864 bits per heavy atom. The predicted molar refractivity (Wildman–Crippen MR) is 92.4 cm³/mol. The van der Waals surface area contributed by atoms with Gasteiger partial charge in [0, 0.05) is 36.6 Å².